The smallest absolute Gasteiger partial charge is 0.254 e. The summed E-state index contributed by atoms with van der Waals surface area (Å²) in [6, 6.07) is 1.84. The van der Waals surface area contributed by atoms with Crippen LogP contribution in [0.3, 0.4) is 0 Å². The third kappa shape index (κ3) is 4.57. The molecule has 1 amide bonds. The third-order valence-electron chi connectivity index (χ3n) is 3.66. The molecule has 1 aromatic heterocycles. The molecule has 21 heavy (non-hydrogen) atoms. The minimum Gasteiger partial charge on any atom is -0.395 e. The minimum atomic E-state index is 0.0658. The van der Waals surface area contributed by atoms with Gasteiger partial charge in [-0.05, 0) is 32.0 Å². The average molecular weight is 306 g/mol. The Morgan fingerprint density at radius 2 is 2.43 bits per heavy atom. The number of carbonyl (C=O) groups excluding carboxylic acids is 1. The number of aliphatic hydroxyl groups is 1. The Labute approximate surface area is 130 Å². The van der Waals surface area contributed by atoms with Crippen LogP contribution in [0.2, 0.25) is 0 Å². The van der Waals surface area contributed by atoms with Gasteiger partial charge in [0.1, 0.15) is 0 Å². The van der Waals surface area contributed by atoms with Crippen molar-refractivity contribution in [1.29, 1.82) is 0 Å². The molecule has 1 aliphatic rings. The molecule has 0 aromatic carbocycles. The van der Waals surface area contributed by atoms with E-state index in [1.165, 1.54) is 11.3 Å². The molecule has 1 fully saturated rings. The summed E-state index contributed by atoms with van der Waals surface area (Å²) in [5.74, 6) is 6.49. The van der Waals surface area contributed by atoms with Gasteiger partial charge in [0.25, 0.3) is 5.91 Å². The summed E-state index contributed by atoms with van der Waals surface area (Å²) in [7, 11) is 3.99. The van der Waals surface area contributed by atoms with E-state index in [9.17, 15) is 4.79 Å². The van der Waals surface area contributed by atoms with Gasteiger partial charge in [-0.15, -0.1) is 11.3 Å². The molecule has 4 nitrogen and oxygen atoms in total. The van der Waals surface area contributed by atoms with Crippen molar-refractivity contribution in [2.45, 2.75) is 12.8 Å². The van der Waals surface area contributed by atoms with E-state index in [4.69, 9.17) is 5.11 Å². The number of amides is 1. The predicted octanol–water partition coefficient (Wildman–Crippen LogP) is 1.51. The maximum Gasteiger partial charge on any atom is 0.254 e. The summed E-state index contributed by atoms with van der Waals surface area (Å²) >= 11 is 1.48. The fourth-order valence-electron chi connectivity index (χ4n) is 2.59. The quantitative estimate of drug-likeness (QED) is 0.858. The monoisotopic (exact) mass is 306 g/mol. The highest BCUT2D eigenvalue weighted by Crippen LogP contribution is 2.18. The van der Waals surface area contributed by atoms with Crippen molar-refractivity contribution >= 4 is 17.2 Å². The number of thiophene rings is 1. The standard InChI is InChI=1S/C16H22N2O2S/c1-17-7-6-13(10-17)11-18(2)16(20)14-9-15(21-12-14)5-3-4-8-19/h9,12-13,19H,4,6-8,10-11H2,1-2H3. The molecular weight excluding hydrogens is 284 g/mol. The zero-order chi connectivity index (χ0) is 15.2. The van der Waals surface area contributed by atoms with E-state index < -0.39 is 0 Å². The molecule has 1 N–H and O–H groups in total. The van der Waals surface area contributed by atoms with Gasteiger partial charge < -0.3 is 14.9 Å². The molecule has 0 radical (unpaired) electrons. The van der Waals surface area contributed by atoms with E-state index in [-0.39, 0.29) is 12.5 Å². The Morgan fingerprint density at radius 1 is 1.62 bits per heavy atom. The molecule has 0 spiro atoms. The van der Waals surface area contributed by atoms with Gasteiger partial charge in [-0.1, -0.05) is 11.8 Å². The normalized spacial score (nSPS) is 18.3. The molecule has 1 aliphatic heterocycles. The Balaban J connectivity index is 1.92. The van der Waals surface area contributed by atoms with Crippen molar-refractivity contribution in [2.24, 2.45) is 5.92 Å². The van der Waals surface area contributed by atoms with Gasteiger partial charge in [0.15, 0.2) is 0 Å². The molecule has 1 aromatic rings. The van der Waals surface area contributed by atoms with E-state index in [1.54, 1.807) is 0 Å². The third-order valence-corrected chi connectivity index (χ3v) is 4.51. The van der Waals surface area contributed by atoms with E-state index in [0.29, 0.717) is 17.9 Å². The zero-order valence-electron chi connectivity index (χ0n) is 12.6. The van der Waals surface area contributed by atoms with Gasteiger partial charge in [0.05, 0.1) is 17.0 Å². The Morgan fingerprint density at radius 3 is 3.10 bits per heavy atom. The molecule has 1 saturated heterocycles. The van der Waals surface area contributed by atoms with E-state index in [0.717, 1.165) is 30.9 Å². The van der Waals surface area contributed by atoms with Gasteiger partial charge in [-0.2, -0.15) is 0 Å². The summed E-state index contributed by atoms with van der Waals surface area (Å²) in [6.07, 6.45) is 1.63. The van der Waals surface area contributed by atoms with Crippen molar-refractivity contribution < 1.29 is 9.90 Å². The summed E-state index contributed by atoms with van der Waals surface area (Å²) in [5.41, 5.74) is 0.710. The number of hydrogen-bond donors (Lipinski definition) is 1. The maximum atomic E-state index is 12.4. The molecule has 2 rings (SSSR count). The lowest BCUT2D eigenvalue weighted by atomic mass is 10.1. The predicted molar refractivity (Wildman–Crippen MR) is 85.5 cm³/mol. The first-order chi connectivity index (χ1) is 10.1. The van der Waals surface area contributed by atoms with Gasteiger partial charge in [0, 0.05) is 31.9 Å². The number of aliphatic hydroxyl groups excluding tert-OH is 1. The van der Waals surface area contributed by atoms with Crippen LogP contribution in [-0.4, -0.2) is 61.2 Å². The van der Waals surface area contributed by atoms with Crippen LogP contribution in [0.5, 0.6) is 0 Å². The van der Waals surface area contributed by atoms with Gasteiger partial charge in [-0.3, -0.25) is 4.79 Å². The number of nitrogens with zero attached hydrogens (tertiary/aromatic N) is 2. The minimum absolute atomic E-state index is 0.0658. The molecule has 1 unspecified atom stereocenters. The molecule has 1 atom stereocenters. The van der Waals surface area contributed by atoms with Gasteiger partial charge in [-0.25, -0.2) is 0 Å². The number of hydrogen-bond acceptors (Lipinski definition) is 4. The Kier molecular flexibility index (Phi) is 5.80. The fourth-order valence-corrected chi connectivity index (χ4v) is 3.33. The first-order valence-electron chi connectivity index (χ1n) is 7.22. The topological polar surface area (TPSA) is 43.8 Å². The number of rotatable bonds is 4. The molecule has 0 aliphatic carbocycles. The second-order valence-corrected chi connectivity index (χ2v) is 6.49. The first-order valence-corrected chi connectivity index (χ1v) is 8.10. The Hall–Kier alpha value is -1.35. The van der Waals surface area contributed by atoms with Crippen molar-refractivity contribution in [2.75, 3.05) is 40.3 Å². The summed E-state index contributed by atoms with van der Waals surface area (Å²) in [4.78, 5) is 17.4. The number of carbonyl (C=O) groups is 1. The van der Waals surface area contributed by atoms with Crippen LogP contribution in [0, 0.1) is 17.8 Å². The highest BCUT2D eigenvalue weighted by molar-refractivity contribution is 7.10. The molecule has 5 heteroatoms. The number of likely N-dealkylation sites (tertiary alicyclic amines) is 1. The highest BCUT2D eigenvalue weighted by atomic mass is 32.1. The van der Waals surface area contributed by atoms with Gasteiger partial charge in [0.2, 0.25) is 0 Å². The lowest BCUT2D eigenvalue weighted by Crippen LogP contribution is -2.32. The van der Waals surface area contributed by atoms with Crippen molar-refractivity contribution in [3.63, 3.8) is 0 Å². The summed E-state index contributed by atoms with van der Waals surface area (Å²) in [6.45, 7) is 3.07. The van der Waals surface area contributed by atoms with Crippen LogP contribution < -0.4 is 0 Å². The first kappa shape index (κ1) is 16.0. The summed E-state index contributed by atoms with van der Waals surface area (Å²) < 4.78 is 0. The summed E-state index contributed by atoms with van der Waals surface area (Å²) in [5, 5.41) is 10.6. The fraction of sp³-hybridized carbons (Fsp3) is 0.562. The second-order valence-electron chi connectivity index (χ2n) is 5.58. The maximum absolute atomic E-state index is 12.4. The molecule has 2 heterocycles. The molecule has 114 valence electrons. The van der Waals surface area contributed by atoms with E-state index >= 15 is 0 Å². The van der Waals surface area contributed by atoms with Crippen LogP contribution in [0.25, 0.3) is 0 Å². The average Bonchev–Trinajstić information content (AvgIpc) is 3.08. The lowest BCUT2D eigenvalue weighted by molar-refractivity contribution is 0.0774. The van der Waals surface area contributed by atoms with Crippen LogP contribution in [0.4, 0.5) is 0 Å². The Bertz CT molecular complexity index is 544. The van der Waals surface area contributed by atoms with Crippen LogP contribution in [0.1, 0.15) is 28.1 Å². The van der Waals surface area contributed by atoms with Gasteiger partial charge >= 0.3 is 0 Å². The van der Waals surface area contributed by atoms with Crippen molar-refractivity contribution in [3.05, 3.63) is 21.9 Å². The lowest BCUT2D eigenvalue weighted by Gasteiger charge is -2.20. The van der Waals surface area contributed by atoms with E-state index in [1.807, 2.05) is 23.4 Å². The highest BCUT2D eigenvalue weighted by Gasteiger charge is 2.23. The van der Waals surface area contributed by atoms with Crippen LogP contribution >= 0.6 is 11.3 Å². The SMILES string of the molecule is CN1CCC(CN(C)C(=O)c2csc(C#CCCO)c2)C1. The molecule has 0 saturated carbocycles. The zero-order valence-corrected chi connectivity index (χ0v) is 13.4. The van der Waals surface area contributed by atoms with Crippen LogP contribution in [-0.2, 0) is 0 Å². The second kappa shape index (κ2) is 7.60. The largest absolute Gasteiger partial charge is 0.395 e. The van der Waals surface area contributed by atoms with Crippen molar-refractivity contribution in [3.8, 4) is 11.8 Å². The van der Waals surface area contributed by atoms with Crippen molar-refractivity contribution in [1.82, 2.24) is 9.80 Å². The van der Waals surface area contributed by atoms with E-state index in [2.05, 4.69) is 23.8 Å². The van der Waals surface area contributed by atoms with Crippen LogP contribution in [0.15, 0.2) is 11.4 Å². The molecular formula is C16H22N2O2S. The molecule has 0 bridgehead atoms.